The van der Waals surface area contributed by atoms with E-state index >= 15 is 0 Å². The molecule has 0 spiro atoms. The summed E-state index contributed by atoms with van der Waals surface area (Å²) in [5.74, 6) is -17.0. The number of ether oxygens (including phenoxy) is 1. The second-order valence-electron chi connectivity index (χ2n) is 4.10. The molecule has 12 heteroatoms. The van der Waals surface area contributed by atoms with Gasteiger partial charge in [-0.2, -0.15) is 39.5 Å². The Hall–Kier alpha value is -2.14. The normalized spacial score (nSPS) is 13.8. The summed E-state index contributed by atoms with van der Waals surface area (Å²) in [6, 6.07) is 2.65. The van der Waals surface area contributed by atoms with Crippen LogP contribution in [0.4, 0.5) is 39.5 Å². The molecule has 23 heavy (non-hydrogen) atoms. The number of phenols is 1. The summed E-state index contributed by atoms with van der Waals surface area (Å²) in [6.45, 7) is 0. The van der Waals surface area contributed by atoms with Gasteiger partial charge in [-0.15, -0.1) is 0 Å². The predicted octanol–water partition coefficient (Wildman–Crippen LogP) is 3.97. The van der Waals surface area contributed by atoms with Gasteiger partial charge in [0.2, 0.25) is 0 Å². The second-order valence-corrected chi connectivity index (χ2v) is 4.10. The van der Waals surface area contributed by atoms with E-state index < -0.39 is 41.4 Å². The van der Waals surface area contributed by atoms with Gasteiger partial charge in [0, 0.05) is 0 Å². The Morgan fingerprint density at radius 1 is 0.826 bits per heavy atom. The molecule has 0 aliphatic rings. The summed E-state index contributed by atoms with van der Waals surface area (Å²) in [6.07, 6.45) is -13.5. The van der Waals surface area contributed by atoms with Crippen LogP contribution in [0.15, 0.2) is 24.3 Å². The first-order valence-electron chi connectivity index (χ1n) is 5.36. The van der Waals surface area contributed by atoms with Crippen LogP contribution in [0.1, 0.15) is 10.4 Å². The number of benzene rings is 1. The lowest BCUT2D eigenvalue weighted by molar-refractivity contribution is -0.433. The topological polar surface area (TPSA) is 46.5 Å². The minimum atomic E-state index is -7.15. The van der Waals surface area contributed by atoms with E-state index in [1.54, 1.807) is 0 Å². The van der Waals surface area contributed by atoms with Gasteiger partial charge in [0.15, 0.2) is 0 Å². The number of phenolic OH excluding ortho intramolecular Hbond substituents is 1. The van der Waals surface area contributed by atoms with Gasteiger partial charge >= 0.3 is 30.1 Å². The van der Waals surface area contributed by atoms with E-state index in [9.17, 15) is 44.3 Å². The quantitative estimate of drug-likeness (QED) is 0.656. The number of carbonyl (C=O) groups is 1. The van der Waals surface area contributed by atoms with E-state index in [1.165, 1.54) is 0 Å². The number of rotatable bonds is 4. The predicted molar refractivity (Wildman–Crippen MR) is 54.4 cm³/mol. The van der Waals surface area contributed by atoms with Crippen molar-refractivity contribution in [2.45, 2.75) is 24.1 Å². The van der Waals surface area contributed by atoms with E-state index in [0.29, 0.717) is 12.1 Å². The number of hydrogen-bond donors (Lipinski definition) is 1. The smallest absolute Gasteiger partial charge is 0.473 e. The number of halogens is 9. The number of carbonyl (C=O) groups excluding carboxylic acids is 1. The van der Waals surface area contributed by atoms with Gasteiger partial charge in [0.1, 0.15) is 5.75 Å². The molecule has 0 aliphatic heterocycles. The zero-order valence-corrected chi connectivity index (χ0v) is 10.5. The van der Waals surface area contributed by atoms with Gasteiger partial charge in [-0.3, -0.25) is 0 Å². The Morgan fingerprint density at radius 3 is 1.65 bits per heavy atom. The SMILES string of the molecule is O=C(OC(F)(F)C(F)(F)C(F)(F)C(F)(F)F)c1ccc(O)cc1. The maximum atomic E-state index is 13.0. The lowest BCUT2D eigenvalue weighted by atomic mass is 10.1. The molecule has 3 nitrogen and oxygen atoms in total. The molecule has 0 saturated carbocycles. The average molecular weight is 356 g/mol. The molecule has 1 N–H and O–H groups in total. The number of aromatic hydroxyl groups is 1. The number of esters is 1. The third-order valence-electron chi connectivity index (χ3n) is 2.44. The van der Waals surface area contributed by atoms with Gasteiger partial charge in [-0.05, 0) is 24.3 Å². The molecule has 0 aliphatic carbocycles. The first-order valence-corrected chi connectivity index (χ1v) is 5.36. The van der Waals surface area contributed by atoms with Crippen LogP contribution in [0.5, 0.6) is 5.75 Å². The molecule has 0 atom stereocenters. The summed E-state index contributed by atoms with van der Waals surface area (Å²) >= 11 is 0. The highest BCUT2D eigenvalue weighted by molar-refractivity contribution is 5.89. The summed E-state index contributed by atoms with van der Waals surface area (Å²) in [4.78, 5) is 11.2. The molecule has 0 fully saturated rings. The van der Waals surface area contributed by atoms with Gasteiger partial charge < -0.3 is 9.84 Å². The third kappa shape index (κ3) is 3.29. The van der Waals surface area contributed by atoms with Crippen molar-refractivity contribution in [3.05, 3.63) is 29.8 Å². The lowest BCUT2D eigenvalue weighted by Crippen LogP contribution is -2.62. The lowest BCUT2D eigenvalue weighted by Gasteiger charge is -2.32. The third-order valence-corrected chi connectivity index (χ3v) is 2.44. The largest absolute Gasteiger partial charge is 0.508 e. The first kappa shape index (κ1) is 18.9. The van der Waals surface area contributed by atoms with Gasteiger partial charge in [0.25, 0.3) is 0 Å². The van der Waals surface area contributed by atoms with Gasteiger partial charge in [0.05, 0.1) is 5.56 Å². The standard InChI is InChI=1S/C11H5F9O3/c12-8(13,10(16,17)18)9(14,15)11(19,20)23-7(22)5-1-3-6(21)4-2-5/h1-4,21H. The highest BCUT2D eigenvalue weighted by Crippen LogP contribution is 2.53. The fourth-order valence-electron chi connectivity index (χ4n) is 1.20. The second kappa shape index (κ2) is 5.49. The molecule has 0 heterocycles. The van der Waals surface area contributed by atoms with E-state index in [2.05, 4.69) is 4.74 Å². The molecule has 1 rings (SSSR count). The fraction of sp³-hybridized carbons (Fsp3) is 0.364. The van der Waals surface area contributed by atoms with Crippen LogP contribution < -0.4 is 0 Å². The summed E-state index contributed by atoms with van der Waals surface area (Å²) in [7, 11) is 0. The molecule has 0 saturated heterocycles. The zero-order chi connectivity index (χ0) is 18.3. The van der Waals surface area contributed by atoms with Crippen LogP contribution in [-0.2, 0) is 4.74 Å². The van der Waals surface area contributed by atoms with Crippen molar-refractivity contribution in [2.75, 3.05) is 0 Å². The van der Waals surface area contributed by atoms with Gasteiger partial charge in [-0.1, -0.05) is 0 Å². The van der Waals surface area contributed by atoms with Crippen molar-refractivity contribution in [2.24, 2.45) is 0 Å². The Balaban J connectivity index is 3.10. The maximum absolute atomic E-state index is 13.0. The van der Waals surface area contributed by atoms with Crippen molar-refractivity contribution in [3.8, 4) is 5.75 Å². The van der Waals surface area contributed by atoms with E-state index in [1.807, 2.05) is 0 Å². The first-order chi connectivity index (χ1) is 10.1. The molecule has 0 bridgehead atoms. The highest BCUT2D eigenvalue weighted by Gasteiger charge is 2.84. The molecular formula is C11H5F9O3. The average Bonchev–Trinajstić information content (AvgIpc) is 2.37. The van der Waals surface area contributed by atoms with Crippen LogP contribution in [0.3, 0.4) is 0 Å². The minimum Gasteiger partial charge on any atom is -0.508 e. The van der Waals surface area contributed by atoms with Crippen molar-refractivity contribution < 1.29 is 54.2 Å². The van der Waals surface area contributed by atoms with Crippen molar-refractivity contribution in [1.82, 2.24) is 0 Å². The summed E-state index contributed by atoms with van der Waals surface area (Å²) in [5.41, 5.74) is -0.895. The Bertz CT molecular complexity index is 577. The minimum absolute atomic E-state index is 0.470. The molecule has 1 aromatic rings. The van der Waals surface area contributed by atoms with Crippen molar-refractivity contribution >= 4 is 5.97 Å². The Morgan fingerprint density at radius 2 is 1.26 bits per heavy atom. The van der Waals surface area contributed by atoms with Crippen molar-refractivity contribution in [1.29, 1.82) is 0 Å². The fourth-order valence-corrected chi connectivity index (χ4v) is 1.20. The summed E-state index contributed by atoms with van der Waals surface area (Å²) < 4.78 is 115. The molecule has 0 radical (unpaired) electrons. The van der Waals surface area contributed by atoms with Crippen LogP contribution in [0.25, 0.3) is 0 Å². The monoisotopic (exact) mass is 356 g/mol. The molecule has 1 aromatic carbocycles. The van der Waals surface area contributed by atoms with Crippen LogP contribution in [0, 0.1) is 0 Å². The molecular weight excluding hydrogens is 351 g/mol. The van der Waals surface area contributed by atoms with Crippen LogP contribution >= 0.6 is 0 Å². The van der Waals surface area contributed by atoms with E-state index in [-0.39, 0.29) is 0 Å². The zero-order valence-electron chi connectivity index (χ0n) is 10.5. The van der Waals surface area contributed by atoms with Crippen LogP contribution in [-0.4, -0.2) is 35.2 Å². The molecule has 0 unspecified atom stereocenters. The van der Waals surface area contributed by atoms with E-state index in [0.717, 1.165) is 12.1 Å². The molecule has 130 valence electrons. The number of alkyl halides is 9. The Kier molecular flexibility index (Phi) is 4.52. The van der Waals surface area contributed by atoms with Gasteiger partial charge in [-0.25, -0.2) is 4.79 Å². The van der Waals surface area contributed by atoms with Crippen molar-refractivity contribution in [3.63, 3.8) is 0 Å². The molecule has 0 aromatic heterocycles. The van der Waals surface area contributed by atoms with Crippen LogP contribution in [0.2, 0.25) is 0 Å². The molecule has 0 amide bonds. The number of hydrogen-bond acceptors (Lipinski definition) is 3. The van der Waals surface area contributed by atoms with E-state index in [4.69, 9.17) is 5.11 Å². The maximum Gasteiger partial charge on any atom is 0.473 e. The summed E-state index contributed by atoms with van der Waals surface area (Å²) in [5, 5.41) is 8.85. The highest BCUT2D eigenvalue weighted by atomic mass is 19.4. The Labute approximate surface area is 121 Å².